The highest BCUT2D eigenvalue weighted by Gasteiger charge is 2.03. The van der Waals surface area contributed by atoms with Gasteiger partial charge in [0.25, 0.3) is 0 Å². The second-order valence-corrected chi connectivity index (χ2v) is 4.23. The predicted octanol–water partition coefficient (Wildman–Crippen LogP) is 2.98. The summed E-state index contributed by atoms with van der Waals surface area (Å²) in [5.41, 5.74) is 2.37. The number of carbonyl (C=O) groups is 1. The van der Waals surface area contributed by atoms with Crippen LogP contribution in [0.4, 0.5) is 4.79 Å². The van der Waals surface area contributed by atoms with E-state index in [1.807, 2.05) is 36.4 Å². The number of rotatable bonds is 4. The molecule has 1 amide bonds. The zero-order chi connectivity index (χ0) is 14.2. The van der Waals surface area contributed by atoms with Crippen LogP contribution in [0.25, 0.3) is 0 Å². The van der Waals surface area contributed by atoms with Gasteiger partial charge >= 0.3 is 6.09 Å². The lowest BCUT2D eigenvalue weighted by atomic mass is 10.1. The number of carbonyl (C=O) groups excluding carboxylic acids is 1. The maximum atomic E-state index is 11.5. The summed E-state index contributed by atoms with van der Waals surface area (Å²) in [5.74, 6) is 0. The van der Waals surface area contributed by atoms with E-state index in [0.29, 0.717) is 12.1 Å². The molecule has 0 bridgehead atoms. The van der Waals surface area contributed by atoms with E-state index in [1.54, 1.807) is 18.2 Å². The highest BCUT2D eigenvalue weighted by molar-refractivity contribution is 5.67. The van der Waals surface area contributed by atoms with Gasteiger partial charge in [-0.05, 0) is 23.3 Å². The van der Waals surface area contributed by atoms with Crippen molar-refractivity contribution in [3.05, 3.63) is 71.3 Å². The molecule has 0 aliphatic rings. The molecule has 2 aromatic rings. The standard InChI is InChI=1S/C16H14N2O2/c17-10-14-7-4-8-15(9-14)11-18-16(19)20-12-13-5-2-1-3-6-13/h1-9H,11-12H2,(H,18,19). The van der Waals surface area contributed by atoms with Gasteiger partial charge < -0.3 is 10.1 Å². The van der Waals surface area contributed by atoms with Gasteiger partial charge in [0.1, 0.15) is 6.61 Å². The number of hydrogen-bond acceptors (Lipinski definition) is 3. The highest BCUT2D eigenvalue weighted by Crippen LogP contribution is 2.04. The van der Waals surface area contributed by atoms with Crippen molar-refractivity contribution in [1.82, 2.24) is 5.32 Å². The number of hydrogen-bond donors (Lipinski definition) is 1. The van der Waals surface area contributed by atoms with Gasteiger partial charge in [0.2, 0.25) is 0 Å². The third kappa shape index (κ3) is 4.14. The van der Waals surface area contributed by atoms with Gasteiger partial charge in [-0.15, -0.1) is 0 Å². The molecule has 0 radical (unpaired) electrons. The fourth-order valence-corrected chi connectivity index (χ4v) is 1.70. The van der Waals surface area contributed by atoms with Crippen molar-refractivity contribution in [1.29, 1.82) is 5.26 Å². The van der Waals surface area contributed by atoms with Crippen molar-refractivity contribution < 1.29 is 9.53 Å². The first-order chi connectivity index (χ1) is 9.78. The molecular weight excluding hydrogens is 252 g/mol. The number of nitrogens with zero attached hydrogens (tertiary/aromatic N) is 1. The van der Waals surface area contributed by atoms with Crippen LogP contribution in [0.1, 0.15) is 16.7 Å². The normalized spacial score (nSPS) is 9.55. The van der Waals surface area contributed by atoms with Crippen molar-refractivity contribution in [3.63, 3.8) is 0 Å². The summed E-state index contributed by atoms with van der Waals surface area (Å²) < 4.78 is 5.09. The van der Waals surface area contributed by atoms with Gasteiger partial charge in [-0.1, -0.05) is 42.5 Å². The molecule has 0 fully saturated rings. The largest absolute Gasteiger partial charge is 0.445 e. The number of ether oxygens (including phenoxy) is 1. The van der Waals surface area contributed by atoms with Crippen molar-refractivity contribution in [2.45, 2.75) is 13.2 Å². The molecule has 0 saturated heterocycles. The topological polar surface area (TPSA) is 62.1 Å². The monoisotopic (exact) mass is 266 g/mol. The average Bonchev–Trinajstić information content (AvgIpc) is 2.52. The number of benzene rings is 2. The molecule has 0 atom stereocenters. The lowest BCUT2D eigenvalue weighted by molar-refractivity contribution is 0.139. The summed E-state index contributed by atoms with van der Waals surface area (Å²) in [6.45, 7) is 0.577. The lowest BCUT2D eigenvalue weighted by Crippen LogP contribution is -2.23. The van der Waals surface area contributed by atoms with Gasteiger partial charge in [-0.2, -0.15) is 5.26 Å². The molecule has 100 valence electrons. The van der Waals surface area contributed by atoms with E-state index in [4.69, 9.17) is 10.00 Å². The first-order valence-electron chi connectivity index (χ1n) is 6.21. The van der Waals surface area contributed by atoms with Crippen LogP contribution in [0.15, 0.2) is 54.6 Å². The molecule has 4 heteroatoms. The fraction of sp³-hybridized carbons (Fsp3) is 0.125. The van der Waals surface area contributed by atoms with Crippen LogP contribution >= 0.6 is 0 Å². The van der Waals surface area contributed by atoms with E-state index in [9.17, 15) is 4.79 Å². The van der Waals surface area contributed by atoms with Crippen molar-refractivity contribution in [3.8, 4) is 6.07 Å². The molecule has 0 unspecified atom stereocenters. The minimum absolute atomic E-state index is 0.241. The third-order valence-electron chi connectivity index (χ3n) is 2.71. The third-order valence-corrected chi connectivity index (χ3v) is 2.71. The van der Waals surface area contributed by atoms with Crippen LogP contribution in [-0.4, -0.2) is 6.09 Å². The average molecular weight is 266 g/mol. The van der Waals surface area contributed by atoms with E-state index in [0.717, 1.165) is 11.1 Å². The summed E-state index contributed by atoms with van der Waals surface area (Å²) in [6, 6.07) is 18.6. The van der Waals surface area contributed by atoms with Gasteiger partial charge in [-0.25, -0.2) is 4.79 Å². The Hall–Kier alpha value is -2.80. The molecule has 0 saturated carbocycles. The summed E-state index contributed by atoms with van der Waals surface area (Å²) in [7, 11) is 0. The summed E-state index contributed by atoms with van der Waals surface area (Å²) >= 11 is 0. The number of alkyl carbamates (subject to hydrolysis) is 1. The highest BCUT2D eigenvalue weighted by atomic mass is 16.5. The molecule has 0 aliphatic carbocycles. The van der Waals surface area contributed by atoms with Crippen LogP contribution < -0.4 is 5.32 Å². The second kappa shape index (κ2) is 6.95. The Labute approximate surface area is 117 Å². The van der Waals surface area contributed by atoms with E-state index in [1.165, 1.54) is 0 Å². The molecule has 1 N–H and O–H groups in total. The number of nitriles is 1. The van der Waals surface area contributed by atoms with Gasteiger partial charge in [0.05, 0.1) is 11.6 Å². The Morgan fingerprint density at radius 3 is 2.60 bits per heavy atom. The van der Waals surface area contributed by atoms with Crippen molar-refractivity contribution in [2.24, 2.45) is 0 Å². The molecule has 0 spiro atoms. The maximum Gasteiger partial charge on any atom is 0.407 e. The fourth-order valence-electron chi connectivity index (χ4n) is 1.70. The van der Waals surface area contributed by atoms with Gasteiger partial charge in [0, 0.05) is 6.54 Å². The van der Waals surface area contributed by atoms with Crippen LogP contribution in [0, 0.1) is 11.3 Å². The first kappa shape index (κ1) is 13.6. The zero-order valence-corrected chi connectivity index (χ0v) is 10.9. The smallest absolute Gasteiger partial charge is 0.407 e. The minimum atomic E-state index is -0.476. The SMILES string of the molecule is N#Cc1cccc(CNC(=O)OCc2ccccc2)c1. The maximum absolute atomic E-state index is 11.5. The molecule has 0 heterocycles. The molecule has 2 aromatic carbocycles. The summed E-state index contributed by atoms with van der Waals surface area (Å²) in [6.07, 6.45) is -0.476. The Balaban J connectivity index is 1.79. The van der Waals surface area contributed by atoms with Crippen LogP contribution in [0.2, 0.25) is 0 Å². The summed E-state index contributed by atoms with van der Waals surface area (Å²) in [4.78, 5) is 11.5. The first-order valence-corrected chi connectivity index (χ1v) is 6.21. The lowest BCUT2D eigenvalue weighted by Gasteiger charge is -2.07. The Kier molecular flexibility index (Phi) is 4.74. The van der Waals surface area contributed by atoms with Crippen LogP contribution in [-0.2, 0) is 17.9 Å². The Bertz CT molecular complexity index is 618. The Morgan fingerprint density at radius 2 is 1.85 bits per heavy atom. The molecule has 0 aliphatic heterocycles. The van der Waals surface area contributed by atoms with E-state index >= 15 is 0 Å². The molecule has 2 rings (SSSR count). The van der Waals surface area contributed by atoms with E-state index in [2.05, 4.69) is 11.4 Å². The molecule has 0 aromatic heterocycles. The predicted molar refractivity (Wildman–Crippen MR) is 74.6 cm³/mol. The van der Waals surface area contributed by atoms with E-state index < -0.39 is 6.09 Å². The zero-order valence-electron chi connectivity index (χ0n) is 10.9. The molecular formula is C16H14N2O2. The Morgan fingerprint density at radius 1 is 1.10 bits per heavy atom. The van der Waals surface area contributed by atoms with Crippen molar-refractivity contribution in [2.75, 3.05) is 0 Å². The van der Waals surface area contributed by atoms with Crippen LogP contribution in [0.3, 0.4) is 0 Å². The molecule has 20 heavy (non-hydrogen) atoms. The van der Waals surface area contributed by atoms with Crippen LogP contribution in [0.5, 0.6) is 0 Å². The van der Waals surface area contributed by atoms with Gasteiger partial charge in [-0.3, -0.25) is 0 Å². The number of amides is 1. The second-order valence-electron chi connectivity index (χ2n) is 4.23. The summed E-state index contributed by atoms with van der Waals surface area (Å²) in [5, 5.41) is 11.4. The minimum Gasteiger partial charge on any atom is -0.445 e. The number of nitrogens with one attached hydrogen (secondary N) is 1. The molecule has 4 nitrogen and oxygen atoms in total. The van der Waals surface area contributed by atoms with Crippen molar-refractivity contribution >= 4 is 6.09 Å². The van der Waals surface area contributed by atoms with Gasteiger partial charge in [0.15, 0.2) is 0 Å². The quantitative estimate of drug-likeness (QED) is 0.925. The van der Waals surface area contributed by atoms with E-state index in [-0.39, 0.29) is 6.61 Å².